The van der Waals surface area contributed by atoms with Crippen LogP contribution in [0, 0.1) is 0 Å². The van der Waals surface area contributed by atoms with Gasteiger partial charge in [0.1, 0.15) is 0 Å². The number of hydrogen-bond donors (Lipinski definition) is 1. The minimum atomic E-state index is 0.623. The third kappa shape index (κ3) is 2.00. The van der Waals surface area contributed by atoms with Crippen LogP contribution < -0.4 is 5.73 Å². The van der Waals surface area contributed by atoms with Crippen LogP contribution in [0.3, 0.4) is 0 Å². The van der Waals surface area contributed by atoms with Gasteiger partial charge in [-0.25, -0.2) is 0 Å². The van der Waals surface area contributed by atoms with E-state index in [9.17, 15) is 0 Å². The number of nitrogens with two attached hydrogens (primary N) is 1. The molecule has 0 unspecified atom stereocenters. The first-order chi connectivity index (χ1) is 4.43. The molecule has 1 aromatic heterocycles. The Morgan fingerprint density at radius 1 is 1.67 bits per heavy atom. The molecular weight excluding hydrogens is 130 g/mol. The van der Waals surface area contributed by atoms with Gasteiger partial charge >= 0.3 is 0 Å². The second-order valence-electron chi connectivity index (χ2n) is 1.65. The van der Waals surface area contributed by atoms with Crippen LogP contribution in [0.15, 0.2) is 23.6 Å². The molecule has 1 rings (SSSR count). The number of hydrogen-bond acceptors (Lipinski definition) is 2. The van der Waals surface area contributed by atoms with Gasteiger partial charge < -0.3 is 5.73 Å². The van der Waals surface area contributed by atoms with E-state index in [4.69, 9.17) is 5.73 Å². The molecule has 0 amide bonds. The zero-order valence-corrected chi connectivity index (χ0v) is 5.90. The molecule has 2 heteroatoms. The summed E-state index contributed by atoms with van der Waals surface area (Å²) in [7, 11) is 0. The fourth-order valence-corrected chi connectivity index (χ4v) is 1.22. The Morgan fingerprint density at radius 2 is 2.56 bits per heavy atom. The van der Waals surface area contributed by atoms with Gasteiger partial charge in [0.15, 0.2) is 0 Å². The van der Waals surface area contributed by atoms with E-state index in [0.717, 1.165) is 0 Å². The number of rotatable bonds is 2. The van der Waals surface area contributed by atoms with Crippen molar-refractivity contribution < 1.29 is 0 Å². The normalized spacial score (nSPS) is 10.8. The number of thiophene rings is 1. The first-order valence-corrected chi connectivity index (χ1v) is 3.71. The fourth-order valence-electron chi connectivity index (χ4n) is 0.570. The summed E-state index contributed by atoms with van der Waals surface area (Å²) >= 11 is 1.72. The Bertz CT molecular complexity index is 177. The SMILES string of the molecule is NCC=Cc1cccs1. The van der Waals surface area contributed by atoms with Crippen LogP contribution in [0.2, 0.25) is 0 Å². The highest BCUT2D eigenvalue weighted by molar-refractivity contribution is 7.10. The lowest BCUT2D eigenvalue weighted by molar-refractivity contribution is 1.26. The summed E-state index contributed by atoms with van der Waals surface area (Å²) in [6, 6.07) is 4.09. The molecule has 0 atom stereocenters. The van der Waals surface area contributed by atoms with E-state index in [1.54, 1.807) is 11.3 Å². The van der Waals surface area contributed by atoms with Crippen LogP contribution in [0.25, 0.3) is 6.08 Å². The molecule has 0 spiro atoms. The largest absolute Gasteiger partial charge is 0.327 e. The van der Waals surface area contributed by atoms with E-state index < -0.39 is 0 Å². The molecule has 9 heavy (non-hydrogen) atoms. The minimum absolute atomic E-state index is 0.623. The molecule has 0 aromatic carbocycles. The molecule has 0 saturated carbocycles. The fraction of sp³-hybridized carbons (Fsp3) is 0.143. The second-order valence-corrected chi connectivity index (χ2v) is 2.63. The first kappa shape index (κ1) is 6.52. The van der Waals surface area contributed by atoms with Gasteiger partial charge in [-0.2, -0.15) is 0 Å². The molecule has 0 aliphatic rings. The molecule has 0 aliphatic heterocycles. The average molecular weight is 139 g/mol. The van der Waals surface area contributed by atoms with Gasteiger partial charge in [-0.05, 0) is 17.5 Å². The van der Waals surface area contributed by atoms with Gasteiger partial charge in [0.2, 0.25) is 0 Å². The Kier molecular flexibility index (Phi) is 2.48. The van der Waals surface area contributed by atoms with E-state index >= 15 is 0 Å². The highest BCUT2D eigenvalue weighted by Gasteiger charge is 1.81. The highest BCUT2D eigenvalue weighted by atomic mass is 32.1. The van der Waals surface area contributed by atoms with Crippen LogP contribution in [0.1, 0.15) is 4.88 Å². The molecule has 1 aromatic rings. The molecule has 2 N–H and O–H groups in total. The molecule has 0 bridgehead atoms. The summed E-state index contributed by atoms with van der Waals surface area (Å²) in [6.45, 7) is 0.623. The quantitative estimate of drug-likeness (QED) is 0.663. The molecular formula is C7H9NS. The van der Waals surface area contributed by atoms with Gasteiger partial charge in [-0.15, -0.1) is 11.3 Å². The van der Waals surface area contributed by atoms with Crippen molar-refractivity contribution in [2.75, 3.05) is 6.54 Å². The monoisotopic (exact) mass is 139 g/mol. The van der Waals surface area contributed by atoms with Crippen LogP contribution in [-0.4, -0.2) is 6.54 Å². The maximum Gasteiger partial charge on any atom is 0.0267 e. The van der Waals surface area contributed by atoms with Crippen molar-refractivity contribution in [2.24, 2.45) is 5.73 Å². The lowest BCUT2D eigenvalue weighted by atomic mass is 10.4. The lowest BCUT2D eigenvalue weighted by Crippen LogP contribution is -1.91. The van der Waals surface area contributed by atoms with Gasteiger partial charge in [0.25, 0.3) is 0 Å². The van der Waals surface area contributed by atoms with E-state index in [-0.39, 0.29) is 0 Å². The maximum atomic E-state index is 5.26. The Hall–Kier alpha value is -0.600. The van der Waals surface area contributed by atoms with Crippen molar-refractivity contribution in [3.63, 3.8) is 0 Å². The van der Waals surface area contributed by atoms with Gasteiger partial charge in [0, 0.05) is 11.4 Å². The predicted octanol–water partition coefficient (Wildman–Crippen LogP) is 1.72. The second kappa shape index (κ2) is 3.43. The van der Waals surface area contributed by atoms with E-state index in [0.29, 0.717) is 6.54 Å². The van der Waals surface area contributed by atoms with Crippen LogP contribution in [0.5, 0.6) is 0 Å². The molecule has 0 aliphatic carbocycles. The third-order valence-electron chi connectivity index (χ3n) is 0.961. The van der Waals surface area contributed by atoms with Crippen molar-refractivity contribution in [1.29, 1.82) is 0 Å². The van der Waals surface area contributed by atoms with E-state index in [1.165, 1.54) is 4.88 Å². The third-order valence-corrected chi connectivity index (χ3v) is 1.80. The summed E-state index contributed by atoms with van der Waals surface area (Å²) < 4.78 is 0. The zero-order chi connectivity index (χ0) is 6.53. The zero-order valence-electron chi connectivity index (χ0n) is 5.08. The van der Waals surface area contributed by atoms with Crippen LogP contribution in [0.4, 0.5) is 0 Å². The summed E-state index contributed by atoms with van der Waals surface area (Å²) in [5, 5.41) is 2.05. The smallest absolute Gasteiger partial charge is 0.0267 e. The molecule has 1 nitrogen and oxygen atoms in total. The molecule has 48 valence electrons. The van der Waals surface area contributed by atoms with Gasteiger partial charge in [-0.3, -0.25) is 0 Å². The first-order valence-electron chi connectivity index (χ1n) is 2.83. The predicted molar refractivity (Wildman–Crippen MR) is 42.4 cm³/mol. The standard InChI is InChI=1S/C7H9NS/c8-5-1-3-7-4-2-6-9-7/h1-4,6H,5,8H2. The average Bonchev–Trinajstić information content (AvgIpc) is 2.34. The summed E-state index contributed by atoms with van der Waals surface area (Å²) in [5.74, 6) is 0. The summed E-state index contributed by atoms with van der Waals surface area (Å²) in [6.07, 6.45) is 3.98. The van der Waals surface area contributed by atoms with Crippen LogP contribution in [-0.2, 0) is 0 Å². The molecule has 1 heterocycles. The van der Waals surface area contributed by atoms with Crippen molar-refractivity contribution >= 4 is 17.4 Å². The molecule has 0 saturated heterocycles. The van der Waals surface area contributed by atoms with Gasteiger partial charge in [0.05, 0.1) is 0 Å². The van der Waals surface area contributed by atoms with Crippen molar-refractivity contribution in [3.05, 3.63) is 28.5 Å². The Morgan fingerprint density at radius 3 is 3.11 bits per heavy atom. The topological polar surface area (TPSA) is 26.0 Å². The lowest BCUT2D eigenvalue weighted by Gasteiger charge is -1.79. The van der Waals surface area contributed by atoms with Gasteiger partial charge in [-0.1, -0.05) is 12.1 Å². The molecule has 0 radical (unpaired) electrons. The van der Waals surface area contributed by atoms with E-state index in [1.807, 2.05) is 18.2 Å². The Labute approximate surface area is 58.8 Å². The van der Waals surface area contributed by atoms with Crippen molar-refractivity contribution in [3.8, 4) is 0 Å². The van der Waals surface area contributed by atoms with Crippen molar-refractivity contribution in [2.45, 2.75) is 0 Å². The van der Waals surface area contributed by atoms with E-state index in [2.05, 4.69) is 11.4 Å². The Balaban J connectivity index is 2.57. The summed E-state index contributed by atoms with van der Waals surface area (Å²) in [4.78, 5) is 1.26. The van der Waals surface area contributed by atoms with Crippen molar-refractivity contribution in [1.82, 2.24) is 0 Å². The molecule has 0 fully saturated rings. The minimum Gasteiger partial charge on any atom is -0.327 e. The van der Waals surface area contributed by atoms with Crippen LogP contribution >= 0.6 is 11.3 Å². The highest BCUT2D eigenvalue weighted by Crippen LogP contribution is 2.09. The summed E-state index contributed by atoms with van der Waals surface area (Å²) in [5.41, 5.74) is 5.26. The maximum absolute atomic E-state index is 5.26.